The number of hydrogen-bond donors (Lipinski definition) is 1. The molecule has 1 amide bonds. The molecule has 2 rings (SSSR count). The van der Waals surface area contributed by atoms with Crippen LogP contribution in [0.15, 0.2) is 47.1 Å². The Morgan fingerprint density at radius 2 is 1.96 bits per heavy atom. The molecule has 1 aromatic heterocycles. The van der Waals surface area contributed by atoms with Crippen molar-refractivity contribution in [3.8, 4) is 0 Å². The van der Waals surface area contributed by atoms with Crippen molar-refractivity contribution in [2.75, 3.05) is 19.7 Å². The fourth-order valence-electron chi connectivity index (χ4n) is 2.26. The lowest BCUT2D eigenvalue weighted by molar-refractivity contribution is -0.144. The Bertz CT molecular complexity index is 671. The van der Waals surface area contributed by atoms with E-state index in [9.17, 15) is 14.0 Å². The zero-order valence-electron chi connectivity index (χ0n) is 14.0. The number of halogens is 1. The van der Waals surface area contributed by atoms with Crippen molar-refractivity contribution in [2.24, 2.45) is 0 Å². The van der Waals surface area contributed by atoms with Gasteiger partial charge in [-0.15, -0.1) is 0 Å². The van der Waals surface area contributed by atoms with Gasteiger partial charge in [0.2, 0.25) is 5.91 Å². The van der Waals surface area contributed by atoms with Crippen LogP contribution in [0.4, 0.5) is 4.39 Å². The van der Waals surface area contributed by atoms with Crippen LogP contribution in [-0.4, -0.2) is 36.5 Å². The Morgan fingerprint density at radius 1 is 1.20 bits per heavy atom. The lowest BCUT2D eigenvalue weighted by atomic mass is 10.2. The van der Waals surface area contributed by atoms with Gasteiger partial charge in [-0.05, 0) is 36.8 Å². The minimum atomic E-state index is -0.413. The molecule has 0 unspecified atom stereocenters. The van der Waals surface area contributed by atoms with E-state index in [-0.39, 0.29) is 38.0 Å². The summed E-state index contributed by atoms with van der Waals surface area (Å²) in [5.74, 6) is -0.355. The number of carbonyl (C=O) groups excluding carboxylic acids is 2. The van der Waals surface area contributed by atoms with Crippen molar-refractivity contribution in [3.05, 3.63) is 59.8 Å². The monoisotopic (exact) mass is 348 g/mol. The highest BCUT2D eigenvalue weighted by Crippen LogP contribution is 2.07. The third kappa shape index (κ3) is 6.76. The maximum absolute atomic E-state index is 13.0. The van der Waals surface area contributed by atoms with Crippen molar-refractivity contribution in [2.45, 2.75) is 20.0 Å². The van der Waals surface area contributed by atoms with Crippen molar-refractivity contribution >= 4 is 11.9 Å². The van der Waals surface area contributed by atoms with Gasteiger partial charge in [-0.25, -0.2) is 4.39 Å². The molecule has 0 saturated heterocycles. The first-order chi connectivity index (χ1) is 12.1. The number of furan rings is 1. The van der Waals surface area contributed by atoms with Crippen LogP contribution in [0.2, 0.25) is 0 Å². The normalized spacial score (nSPS) is 10.7. The highest BCUT2D eigenvalue weighted by molar-refractivity contribution is 5.79. The van der Waals surface area contributed by atoms with Crippen LogP contribution in [0.3, 0.4) is 0 Å². The SMILES string of the molecule is CCOC(=O)CN(CC(=O)NCc1ccco1)Cc1ccc(F)cc1. The standard InChI is InChI=1S/C18H21FN2O4/c1-2-24-18(23)13-21(11-14-5-7-15(19)8-6-14)12-17(22)20-10-16-4-3-9-25-16/h3-9H,2,10-13H2,1H3,(H,20,22). The molecule has 0 aliphatic heterocycles. The van der Waals surface area contributed by atoms with Crippen molar-refractivity contribution in [3.63, 3.8) is 0 Å². The molecule has 0 saturated carbocycles. The molecule has 1 aromatic carbocycles. The van der Waals surface area contributed by atoms with E-state index in [0.29, 0.717) is 12.3 Å². The van der Waals surface area contributed by atoms with Crippen molar-refractivity contribution < 1.29 is 23.1 Å². The van der Waals surface area contributed by atoms with E-state index >= 15 is 0 Å². The highest BCUT2D eigenvalue weighted by Gasteiger charge is 2.16. The Hall–Kier alpha value is -2.67. The molecule has 0 aliphatic rings. The van der Waals surface area contributed by atoms with Gasteiger partial charge in [0, 0.05) is 6.54 Å². The molecule has 1 N–H and O–H groups in total. The molecule has 0 spiro atoms. The summed E-state index contributed by atoms with van der Waals surface area (Å²) in [6, 6.07) is 9.42. The number of carbonyl (C=O) groups is 2. The number of benzene rings is 1. The largest absolute Gasteiger partial charge is 0.467 e. The van der Waals surface area contributed by atoms with Crippen molar-refractivity contribution in [1.29, 1.82) is 0 Å². The van der Waals surface area contributed by atoms with Crippen LogP contribution >= 0.6 is 0 Å². The van der Waals surface area contributed by atoms with Crippen LogP contribution in [0, 0.1) is 5.82 Å². The third-order valence-electron chi connectivity index (χ3n) is 3.38. The topological polar surface area (TPSA) is 71.8 Å². The smallest absolute Gasteiger partial charge is 0.320 e. The van der Waals surface area contributed by atoms with Gasteiger partial charge < -0.3 is 14.5 Å². The van der Waals surface area contributed by atoms with Gasteiger partial charge in [-0.3, -0.25) is 14.5 Å². The maximum Gasteiger partial charge on any atom is 0.320 e. The van der Waals surface area contributed by atoms with Gasteiger partial charge in [0.25, 0.3) is 0 Å². The minimum Gasteiger partial charge on any atom is -0.467 e. The molecule has 0 radical (unpaired) electrons. The second-order valence-electron chi connectivity index (χ2n) is 5.43. The number of nitrogens with one attached hydrogen (secondary N) is 1. The number of rotatable bonds is 9. The molecule has 0 aliphatic carbocycles. The molecule has 2 aromatic rings. The quantitative estimate of drug-likeness (QED) is 0.703. The van der Waals surface area contributed by atoms with Gasteiger partial charge in [-0.1, -0.05) is 12.1 Å². The van der Waals surface area contributed by atoms with Gasteiger partial charge in [0.1, 0.15) is 11.6 Å². The van der Waals surface area contributed by atoms with Gasteiger partial charge in [-0.2, -0.15) is 0 Å². The van der Waals surface area contributed by atoms with Gasteiger partial charge in [0.05, 0.1) is 32.5 Å². The molecule has 0 bridgehead atoms. The summed E-state index contributed by atoms with van der Waals surface area (Å²) >= 11 is 0. The summed E-state index contributed by atoms with van der Waals surface area (Å²) in [4.78, 5) is 25.5. The molecule has 0 atom stereocenters. The fourth-order valence-corrected chi connectivity index (χ4v) is 2.26. The first kappa shape index (κ1) is 18.7. The number of ether oxygens (including phenoxy) is 1. The summed E-state index contributed by atoms with van der Waals surface area (Å²) in [6.45, 7) is 2.57. The van der Waals surface area contributed by atoms with Crippen LogP contribution in [-0.2, 0) is 27.4 Å². The Labute approximate surface area is 145 Å². The van der Waals surface area contributed by atoms with E-state index < -0.39 is 5.97 Å². The molecular weight excluding hydrogens is 327 g/mol. The predicted molar refractivity (Wildman–Crippen MR) is 88.9 cm³/mol. The summed E-state index contributed by atoms with van der Waals surface area (Å²) < 4.78 is 23.1. The number of amides is 1. The fraction of sp³-hybridized carbons (Fsp3) is 0.333. The first-order valence-electron chi connectivity index (χ1n) is 7.98. The minimum absolute atomic E-state index is 0.0108. The van der Waals surface area contributed by atoms with Crippen LogP contribution < -0.4 is 5.32 Å². The highest BCUT2D eigenvalue weighted by atomic mass is 19.1. The predicted octanol–water partition coefficient (Wildman–Crippen LogP) is 2.10. The van der Waals surface area contributed by atoms with E-state index in [4.69, 9.17) is 9.15 Å². The second kappa shape index (κ2) is 9.58. The molecule has 7 heteroatoms. The first-order valence-corrected chi connectivity index (χ1v) is 7.98. The summed E-state index contributed by atoms with van der Waals surface area (Å²) in [5.41, 5.74) is 0.796. The van der Waals surface area contributed by atoms with Crippen LogP contribution in [0.5, 0.6) is 0 Å². The lowest BCUT2D eigenvalue weighted by Crippen LogP contribution is -2.39. The summed E-state index contributed by atoms with van der Waals surface area (Å²) in [5, 5.41) is 2.73. The lowest BCUT2D eigenvalue weighted by Gasteiger charge is -2.20. The van der Waals surface area contributed by atoms with Gasteiger partial charge >= 0.3 is 5.97 Å². The molecule has 134 valence electrons. The summed E-state index contributed by atoms with van der Waals surface area (Å²) in [6.07, 6.45) is 1.53. The van der Waals surface area contributed by atoms with E-state index in [1.165, 1.54) is 18.4 Å². The Kier molecular flexibility index (Phi) is 7.16. The summed E-state index contributed by atoms with van der Waals surface area (Å²) in [7, 11) is 0. The number of hydrogen-bond acceptors (Lipinski definition) is 5. The maximum atomic E-state index is 13.0. The Morgan fingerprint density at radius 3 is 2.60 bits per heavy atom. The average molecular weight is 348 g/mol. The van der Waals surface area contributed by atoms with Crippen molar-refractivity contribution in [1.82, 2.24) is 10.2 Å². The number of nitrogens with zero attached hydrogens (tertiary/aromatic N) is 1. The molecule has 6 nitrogen and oxygen atoms in total. The molecule has 0 fully saturated rings. The van der Waals surface area contributed by atoms with Crippen LogP contribution in [0.25, 0.3) is 0 Å². The zero-order valence-corrected chi connectivity index (χ0v) is 14.0. The zero-order chi connectivity index (χ0) is 18.1. The second-order valence-corrected chi connectivity index (χ2v) is 5.43. The van der Waals surface area contributed by atoms with E-state index in [2.05, 4.69) is 5.32 Å². The van der Waals surface area contributed by atoms with Crippen LogP contribution in [0.1, 0.15) is 18.2 Å². The molecule has 1 heterocycles. The third-order valence-corrected chi connectivity index (χ3v) is 3.38. The molecular formula is C18H21FN2O4. The van der Waals surface area contributed by atoms with Gasteiger partial charge in [0.15, 0.2) is 0 Å². The molecule has 25 heavy (non-hydrogen) atoms. The Balaban J connectivity index is 1.93. The number of esters is 1. The van der Waals surface area contributed by atoms with E-state index in [1.807, 2.05) is 0 Å². The average Bonchev–Trinajstić information content (AvgIpc) is 3.09. The van der Waals surface area contributed by atoms with E-state index in [0.717, 1.165) is 5.56 Å². The van der Waals surface area contributed by atoms with E-state index in [1.54, 1.807) is 36.1 Å².